The zero-order valence-electron chi connectivity index (χ0n) is 20.3. The summed E-state index contributed by atoms with van der Waals surface area (Å²) in [5, 5.41) is 1.45. The summed E-state index contributed by atoms with van der Waals surface area (Å²) in [6, 6.07) is 27.1. The Hall–Kier alpha value is -4.54. The molecule has 10 heteroatoms. The maximum absolute atomic E-state index is 13.8. The van der Waals surface area contributed by atoms with Crippen LogP contribution in [0.15, 0.2) is 114 Å². The molecule has 2 saturated heterocycles. The Balaban J connectivity index is 1.44. The van der Waals surface area contributed by atoms with Gasteiger partial charge in [0.15, 0.2) is 6.10 Å². The van der Waals surface area contributed by atoms with Gasteiger partial charge in [0.2, 0.25) is 5.91 Å². The van der Waals surface area contributed by atoms with Crippen LogP contribution >= 0.6 is 0 Å². The van der Waals surface area contributed by atoms with Crippen LogP contribution in [-0.4, -0.2) is 26.3 Å². The first-order valence-corrected chi connectivity index (χ1v) is 13.5. The third-order valence-electron chi connectivity index (χ3n) is 6.68. The van der Waals surface area contributed by atoms with Crippen molar-refractivity contribution in [1.29, 1.82) is 0 Å². The molecule has 0 saturated carbocycles. The molecule has 0 aliphatic carbocycles. The summed E-state index contributed by atoms with van der Waals surface area (Å²) >= 11 is 0. The van der Waals surface area contributed by atoms with E-state index in [2.05, 4.69) is 0 Å². The van der Waals surface area contributed by atoms with E-state index in [-0.39, 0.29) is 16.3 Å². The van der Waals surface area contributed by atoms with Crippen molar-refractivity contribution >= 4 is 33.3 Å². The van der Waals surface area contributed by atoms with E-state index in [4.69, 9.17) is 9.02 Å². The first kappa shape index (κ1) is 24.8. The van der Waals surface area contributed by atoms with Gasteiger partial charge in [0, 0.05) is 5.56 Å². The van der Waals surface area contributed by atoms with Crippen molar-refractivity contribution in [2.75, 3.05) is 9.96 Å². The smallest absolute Gasteiger partial charge is 0.339 e. The average Bonchev–Trinajstić information content (AvgIpc) is 3.46. The molecule has 196 valence electrons. The van der Waals surface area contributed by atoms with Gasteiger partial charge in [-0.1, -0.05) is 54.6 Å². The Labute approximate surface area is 223 Å². The number of benzene rings is 4. The molecule has 4 aromatic rings. The molecule has 0 aromatic heterocycles. The van der Waals surface area contributed by atoms with Crippen LogP contribution in [0.4, 0.5) is 15.8 Å². The van der Waals surface area contributed by atoms with Gasteiger partial charge in [-0.2, -0.15) is 8.42 Å². The number of hydroxylamine groups is 1. The lowest BCUT2D eigenvalue weighted by molar-refractivity contribution is -0.126. The third kappa shape index (κ3) is 4.33. The Bertz CT molecular complexity index is 1650. The van der Waals surface area contributed by atoms with E-state index in [1.165, 1.54) is 35.4 Å². The zero-order chi connectivity index (χ0) is 27.1. The van der Waals surface area contributed by atoms with Crippen LogP contribution in [-0.2, 0) is 24.5 Å². The fraction of sp³-hybridized carbons (Fsp3) is 0.103. The molecule has 6 rings (SSSR count). The standard InChI is InChI=1S/C29H21FN2O6S/c30-19-15-17-20(18-16-19)31-28(33)25-26(32(37-27(25)29(31)34)21-9-3-1-4-10-21)23-13-7-8-14-24(23)38-39(35,36)22-11-5-2-6-12-22/h1-18,25-27H/t25-,26+,27-/m1/s1. The van der Waals surface area contributed by atoms with Crippen LogP contribution in [0.25, 0.3) is 0 Å². The predicted octanol–water partition coefficient (Wildman–Crippen LogP) is 4.64. The van der Waals surface area contributed by atoms with Crippen LogP contribution in [0.2, 0.25) is 0 Å². The highest BCUT2D eigenvalue weighted by atomic mass is 32.2. The number of carbonyl (C=O) groups is 2. The highest BCUT2D eigenvalue weighted by Crippen LogP contribution is 2.49. The summed E-state index contributed by atoms with van der Waals surface area (Å²) < 4.78 is 45.3. The number of para-hydroxylation sites is 2. The predicted molar refractivity (Wildman–Crippen MR) is 140 cm³/mol. The number of hydrogen-bond acceptors (Lipinski definition) is 7. The molecule has 2 amide bonds. The normalized spacial score (nSPS) is 20.8. The van der Waals surface area contributed by atoms with Crippen molar-refractivity contribution < 1.29 is 31.4 Å². The number of fused-ring (bicyclic) bond motifs is 1. The molecule has 2 heterocycles. The zero-order valence-corrected chi connectivity index (χ0v) is 21.1. The minimum absolute atomic E-state index is 0.00276. The fourth-order valence-electron chi connectivity index (χ4n) is 4.93. The SMILES string of the molecule is O=C1[C@H]2[C@@H](ON(c3ccccc3)[C@H]2c2ccccc2OS(=O)(=O)c2ccccc2)C(=O)N1c1ccc(F)cc1. The molecule has 0 N–H and O–H groups in total. The van der Waals surface area contributed by atoms with Crippen molar-refractivity contribution in [3.63, 3.8) is 0 Å². The number of hydrogen-bond donors (Lipinski definition) is 0. The van der Waals surface area contributed by atoms with Crippen molar-refractivity contribution in [1.82, 2.24) is 0 Å². The minimum Gasteiger partial charge on any atom is -0.379 e. The van der Waals surface area contributed by atoms with Gasteiger partial charge in [-0.25, -0.2) is 14.4 Å². The van der Waals surface area contributed by atoms with Crippen LogP contribution in [0.5, 0.6) is 5.75 Å². The molecule has 0 bridgehead atoms. The van der Waals surface area contributed by atoms with E-state index in [1.54, 1.807) is 60.7 Å². The van der Waals surface area contributed by atoms with Crippen molar-refractivity contribution in [3.8, 4) is 5.75 Å². The molecule has 2 fully saturated rings. The summed E-state index contributed by atoms with van der Waals surface area (Å²) in [5.74, 6) is -2.70. The van der Waals surface area contributed by atoms with Crippen molar-refractivity contribution in [2.24, 2.45) is 5.92 Å². The lowest BCUT2D eigenvalue weighted by Gasteiger charge is -2.29. The lowest BCUT2D eigenvalue weighted by atomic mass is 9.90. The molecule has 0 unspecified atom stereocenters. The van der Waals surface area contributed by atoms with Crippen LogP contribution in [0, 0.1) is 11.7 Å². The van der Waals surface area contributed by atoms with E-state index in [1.807, 2.05) is 6.07 Å². The molecule has 3 atom stereocenters. The maximum Gasteiger partial charge on any atom is 0.339 e. The third-order valence-corrected chi connectivity index (χ3v) is 7.93. The molecule has 4 aromatic carbocycles. The van der Waals surface area contributed by atoms with E-state index in [0.717, 1.165) is 17.0 Å². The number of halogens is 1. The van der Waals surface area contributed by atoms with Gasteiger partial charge in [-0.3, -0.25) is 14.4 Å². The van der Waals surface area contributed by atoms with Crippen molar-refractivity contribution in [3.05, 3.63) is 121 Å². The molecule has 39 heavy (non-hydrogen) atoms. The summed E-state index contributed by atoms with van der Waals surface area (Å²) in [6.07, 6.45) is -1.19. The maximum atomic E-state index is 13.8. The number of imide groups is 1. The lowest BCUT2D eigenvalue weighted by Crippen LogP contribution is -2.37. The van der Waals surface area contributed by atoms with E-state index in [0.29, 0.717) is 11.3 Å². The Kier molecular flexibility index (Phi) is 6.13. The van der Waals surface area contributed by atoms with E-state index >= 15 is 0 Å². The molecule has 2 aliphatic heterocycles. The molecular weight excluding hydrogens is 523 g/mol. The first-order chi connectivity index (χ1) is 18.8. The summed E-state index contributed by atoms with van der Waals surface area (Å²) in [6.45, 7) is 0. The number of nitrogens with zero attached hydrogens (tertiary/aromatic N) is 2. The quantitative estimate of drug-likeness (QED) is 0.258. The molecule has 0 radical (unpaired) electrons. The molecular formula is C29H21FN2O6S. The molecule has 8 nitrogen and oxygen atoms in total. The van der Waals surface area contributed by atoms with Crippen LogP contribution < -0.4 is 14.1 Å². The van der Waals surface area contributed by atoms with Crippen molar-refractivity contribution in [2.45, 2.75) is 17.0 Å². The topological polar surface area (TPSA) is 93.2 Å². The average molecular weight is 545 g/mol. The van der Waals surface area contributed by atoms with Gasteiger partial charge in [0.05, 0.1) is 17.4 Å². The summed E-state index contributed by atoms with van der Waals surface area (Å²) in [7, 11) is -4.21. The number of amides is 2. The van der Waals surface area contributed by atoms with Gasteiger partial charge in [0.1, 0.15) is 22.4 Å². The van der Waals surface area contributed by atoms with Gasteiger partial charge in [-0.05, 0) is 54.6 Å². The Morgan fingerprint density at radius 1 is 0.718 bits per heavy atom. The molecule has 2 aliphatic rings. The second-order valence-electron chi connectivity index (χ2n) is 9.03. The van der Waals surface area contributed by atoms with Gasteiger partial charge >= 0.3 is 10.1 Å². The number of carbonyl (C=O) groups excluding carboxylic acids is 2. The second kappa shape index (κ2) is 9.64. The van der Waals surface area contributed by atoms with Crippen LogP contribution in [0.3, 0.4) is 0 Å². The highest BCUT2D eigenvalue weighted by Gasteiger charge is 2.60. The summed E-state index contributed by atoms with van der Waals surface area (Å²) in [5.41, 5.74) is 1.12. The number of anilines is 2. The molecule has 0 spiro atoms. The Morgan fingerprint density at radius 2 is 1.33 bits per heavy atom. The van der Waals surface area contributed by atoms with Gasteiger partial charge in [0.25, 0.3) is 5.91 Å². The largest absolute Gasteiger partial charge is 0.379 e. The fourth-order valence-corrected chi connectivity index (χ4v) is 5.90. The number of rotatable bonds is 6. The van der Waals surface area contributed by atoms with Gasteiger partial charge in [-0.15, -0.1) is 0 Å². The van der Waals surface area contributed by atoms with E-state index in [9.17, 15) is 22.4 Å². The monoisotopic (exact) mass is 544 g/mol. The van der Waals surface area contributed by atoms with E-state index < -0.39 is 45.8 Å². The Morgan fingerprint density at radius 3 is 2.03 bits per heavy atom. The minimum atomic E-state index is -4.21. The van der Waals surface area contributed by atoms with Crippen LogP contribution in [0.1, 0.15) is 11.6 Å². The van der Waals surface area contributed by atoms with Gasteiger partial charge < -0.3 is 4.18 Å². The second-order valence-corrected chi connectivity index (χ2v) is 10.6. The first-order valence-electron chi connectivity index (χ1n) is 12.1. The summed E-state index contributed by atoms with van der Waals surface area (Å²) in [4.78, 5) is 34.3. The highest BCUT2D eigenvalue weighted by molar-refractivity contribution is 7.87.